The molecule has 1 N–H and O–H groups in total. The third kappa shape index (κ3) is 3.04. The van der Waals surface area contributed by atoms with Crippen molar-refractivity contribution < 1.29 is 14.6 Å². The molecule has 3 rings (SSSR count). The third-order valence-corrected chi connectivity index (χ3v) is 4.75. The van der Waals surface area contributed by atoms with Gasteiger partial charge in [0, 0.05) is 21.6 Å². The van der Waals surface area contributed by atoms with Crippen LogP contribution in [0.1, 0.15) is 23.6 Å². The van der Waals surface area contributed by atoms with E-state index in [0.717, 1.165) is 11.1 Å². The number of halogens is 1. The maximum Gasteiger partial charge on any atom is 0.263 e. The Morgan fingerprint density at radius 3 is 2.40 bits per heavy atom. The standard InChI is InChI=1S/C20H18BrNO3/c1-14-4-6-15(7-5-14)18-20(24,12-3-13-21)19(23)22(18)16-8-10-17(25-2)11-9-16/h4-11,18,24H,12H2,1-2H3/t18-,20+/m0/s1. The summed E-state index contributed by atoms with van der Waals surface area (Å²) in [6.45, 7) is 2.00. The average molecular weight is 400 g/mol. The number of β-lactam (4-membered cyclic amide) rings is 1. The fourth-order valence-electron chi connectivity index (χ4n) is 3.11. The zero-order valence-corrected chi connectivity index (χ0v) is 15.6. The first-order valence-electron chi connectivity index (χ1n) is 7.86. The van der Waals surface area contributed by atoms with Crippen molar-refractivity contribution in [1.29, 1.82) is 0 Å². The van der Waals surface area contributed by atoms with E-state index in [4.69, 9.17) is 4.74 Å². The molecule has 4 nitrogen and oxygen atoms in total. The van der Waals surface area contributed by atoms with E-state index in [1.54, 1.807) is 24.1 Å². The smallest absolute Gasteiger partial charge is 0.263 e. The summed E-state index contributed by atoms with van der Waals surface area (Å²) >= 11 is 3.03. The average Bonchev–Trinajstić information content (AvgIpc) is 2.65. The number of ether oxygens (including phenoxy) is 1. The molecule has 0 saturated carbocycles. The normalized spacial score (nSPS) is 22.0. The summed E-state index contributed by atoms with van der Waals surface area (Å²) in [6, 6.07) is 14.6. The third-order valence-electron chi connectivity index (χ3n) is 4.47. The van der Waals surface area contributed by atoms with Crippen LogP contribution in [0.15, 0.2) is 48.5 Å². The van der Waals surface area contributed by atoms with Crippen molar-refractivity contribution in [1.82, 2.24) is 0 Å². The first-order valence-corrected chi connectivity index (χ1v) is 8.65. The topological polar surface area (TPSA) is 49.8 Å². The van der Waals surface area contributed by atoms with Gasteiger partial charge in [-0.1, -0.05) is 35.7 Å². The minimum atomic E-state index is -1.53. The number of aryl methyl sites for hydroxylation is 1. The highest BCUT2D eigenvalue weighted by Crippen LogP contribution is 2.48. The van der Waals surface area contributed by atoms with E-state index in [0.29, 0.717) is 11.4 Å². The van der Waals surface area contributed by atoms with E-state index >= 15 is 0 Å². The van der Waals surface area contributed by atoms with E-state index in [1.165, 1.54) is 0 Å². The highest BCUT2D eigenvalue weighted by atomic mass is 79.9. The number of benzene rings is 2. The number of hydrogen-bond acceptors (Lipinski definition) is 3. The fourth-order valence-corrected chi connectivity index (χ4v) is 3.25. The van der Waals surface area contributed by atoms with Gasteiger partial charge in [-0.25, -0.2) is 0 Å². The van der Waals surface area contributed by atoms with Gasteiger partial charge in [0.15, 0.2) is 5.60 Å². The summed E-state index contributed by atoms with van der Waals surface area (Å²) in [5.41, 5.74) is 1.18. The van der Waals surface area contributed by atoms with Gasteiger partial charge in [-0.15, -0.1) is 0 Å². The molecular formula is C20H18BrNO3. The summed E-state index contributed by atoms with van der Waals surface area (Å²) in [6.07, 6.45) is 0.0717. The van der Waals surface area contributed by atoms with Crippen LogP contribution < -0.4 is 9.64 Å². The van der Waals surface area contributed by atoms with Gasteiger partial charge < -0.3 is 9.84 Å². The van der Waals surface area contributed by atoms with Crippen molar-refractivity contribution >= 4 is 27.5 Å². The van der Waals surface area contributed by atoms with Crippen LogP contribution >= 0.6 is 15.9 Å². The SMILES string of the molecule is COc1ccc(N2C(=O)[C@@](O)(CC#CBr)[C@@H]2c2ccc(C)cc2)cc1. The van der Waals surface area contributed by atoms with E-state index in [2.05, 4.69) is 26.7 Å². The van der Waals surface area contributed by atoms with E-state index in [1.807, 2.05) is 43.3 Å². The summed E-state index contributed by atoms with van der Waals surface area (Å²) < 4.78 is 5.17. The summed E-state index contributed by atoms with van der Waals surface area (Å²) in [5.74, 6) is 3.14. The van der Waals surface area contributed by atoms with Crippen LogP contribution in [0.5, 0.6) is 5.75 Å². The Morgan fingerprint density at radius 2 is 1.84 bits per heavy atom. The maximum atomic E-state index is 12.8. The lowest BCUT2D eigenvalue weighted by Gasteiger charge is -2.52. The number of rotatable bonds is 4. The molecule has 1 heterocycles. The lowest BCUT2D eigenvalue weighted by molar-refractivity contribution is -0.153. The number of hydrogen-bond donors (Lipinski definition) is 1. The second-order valence-electron chi connectivity index (χ2n) is 6.06. The molecular weight excluding hydrogens is 382 g/mol. The highest BCUT2D eigenvalue weighted by Gasteiger charge is 2.60. The van der Waals surface area contributed by atoms with Gasteiger partial charge in [0.25, 0.3) is 5.91 Å². The molecule has 1 aliphatic rings. The van der Waals surface area contributed by atoms with Gasteiger partial charge in [-0.2, -0.15) is 0 Å². The Hall–Kier alpha value is -2.29. The fraction of sp³-hybridized carbons (Fsp3) is 0.250. The Kier molecular flexibility index (Phi) is 4.85. The van der Waals surface area contributed by atoms with Gasteiger partial charge >= 0.3 is 0 Å². The van der Waals surface area contributed by atoms with Crippen LogP contribution in [0.25, 0.3) is 0 Å². The predicted molar refractivity (Wildman–Crippen MR) is 101 cm³/mol. The largest absolute Gasteiger partial charge is 0.497 e. The molecule has 0 aliphatic carbocycles. The molecule has 1 saturated heterocycles. The number of methoxy groups -OCH3 is 1. The van der Waals surface area contributed by atoms with Gasteiger partial charge in [0.2, 0.25) is 0 Å². The van der Waals surface area contributed by atoms with Crippen molar-refractivity contribution in [3.63, 3.8) is 0 Å². The number of aliphatic hydroxyl groups is 1. The maximum absolute atomic E-state index is 12.8. The second-order valence-corrected chi connectivity index (χ2v) is 6.46. The minimum absolute atomic E-state index is 0.0717. The number of carbonyl (C=O) groups is 1. The van der Waals surface area contributed by atoms with Crippen LogP contribution in [-0.2, 0) is 4.79 Å². The van der Waals surface area contributed by atoms with Crippen LogP contribution in [0.2, 0.25) is 0 Å². The molecule has 2 aromatic rings. The van der Waals surface area contributed by atoms with Crippen LogP contribution in [0.3, 0.4) is 0 Å². The molecule has 5 heteroatoms. The Bertz CT molecular complexity index is 836. The van der Waals surface area contributed by atoms with Crippen LogP contribution in [0, 0.1) is 17.7 Å². The van der Waals surface area contributed by atoms with Gasteiger partial charge in [-0.05, 0) is 41.6 Å². The van der Waals surface area contributed by atoms with E-state index in [9.17, 15) is 9.90 Å². The first-order chi connectivity index (χ1) is 12.0. The molecule has 1 amide bonds. The Morgan fingerprint density at radius 1 is 1.20 bits per heavy atom. The van der Waals surface area contributed by atoms with Crippen molar-refractivity contribution in [2.45, 2.75) is 25.0 Å². The number of carbonyl (C=O) groups excluding carboxylic acids is 1. The van der Waals surface area contributed by atoms with Crippen molar-refractivity contribution in [3.05, 3.63) is 59.7 Å². The van der Waals surface area contributed by atoms with Crippen LogP contribution in [0.4, 0.5) is 5.69 Å². The summed E-state index contributed by atoms with van der Waals surface area (Å²) in [4.78, 5) is 16.9. The van der Waals surface area contributed by atoms with Gasteiger partial charge in [-0.3, -0.25) is 9.69 Å². The molecule has 1 fully saturated rings. The van der Waals surface area contributed by atoms with Gasteiger partial charge in [0.1, 0.15) is 11.8 Å². The van der Waals surface area contributed by atoms with Crippen molar-refractivity contribution in [2.24, 2.45) is 0 Å². The van der Waals surface area contributed by atoms with E-state index in [-0.39, 0.29) is 12.3 Å². The van der Waals surface area contributed by atoms with Crippen LogP contribution in [-0.4, -0.2) is 23.7 Å². The molecule has 0 spiro atoms. The first kappa shape index (κ1) is 17.5. The lowest BCUT2D eigenvalue weighted by Crippen LogP contribution is -2.68. The summed E-state index contributed by atoms with van der Waals surface area (Å²) in [7, 11) is 1.59. The zero-order valence-electron chi connectivity index (χ0n) is 14.0. The number of anilines is 1. The molecule has 0 unspecified atom stereocenters. The quantitative estimate of drug-likeness (QED) is 0.631. The second kappa shape index (κ2) is 6.91. The highest BCUT2D eigenvalue weighted by molar-refractivity contribution is 9.12. The van der Waals surface area contributed by atoms with Crippen molar-refractivity contribution in [2.75, 3.05) is 12.0 Å². The molecule has 2 aromatic carbocycles. The molecule has 0 radical (unpaired) electrons. The summed E-state index contributed by atoms with van der Waals surface area (Å²) in [5, 5.41) is 11.0. The molecule has 0 aromatic heterocycles. The van der Waals surface area contributed by atoms with Gasteiger partial charge in [0.05, 0.1) is 13.5 Å². The zero-order chi connectivity index (χ0) is 18.0. The Balaban J connectivity index is 2.01. The Labute approximate surface area is 155 Å². The predicted octanol–water partition coefficient (Wildman–Crippen LogP) is 3.57. The molecule has 0 bridgehead atoms. The number of nitrogens with zero attached hydrogens (tertiary/aromatic N) is 1. The molecule has 2 atom stereocenters. The van der Waals surface area contributed by atoms with Crippen molar-refractivity contribution in [3.8, 4) is 16.5 Å². The minimum Gasteiger partial charge on any atom is -0.497 e. The molecule has 1 aliphatic heterocycles. The monoisotopic (exact) mass is 399 g/mol. The number of amides is 1. The molecule has 128 valence electrons. The lowest BCUT2D eigenvalue weighted by atomic mass is 9.75. The van der Waals surface area contributed by atoms with E-state index < -0.39 is 11.6 Å². The molecule has 25 heavy (non-hydrogen) atoms.